The normalized spacial score (nSPS) is 17.2. The molecule has 0 unspecified atom stereocenters. The van der Waals surface area contributed by atoms with E-state index in [1.54, 1.807) is 18.2 Å². The van der Waals surface area contributed by atoms with Crippen LogP contribution in [0.3, 0.4) is 0 Å². The average molecular weight is 310 g/mol. The van der Waals surface area contributed by atoms with Crippen molar-refractivity contribution >= 4 is 28.7 Å². The summed E-state index contributed by atoms with van der Waals surface area (Å²) >= 11 is 1.84. The molecule has 5 nitrogen and oxygen atoms in total. The van der Waals surface area contributed by atoms with Crippen LogP contribution >= 0.6 is 11.8 Å². The van der Waals surface area contributed by atoms with Crippen molar-refractivity contribution in [2.45, 2.75) is 17.4 Å². The van der Waals surface area contributed by atoms with E-state index in [0.717, 1.165) is 17.7 Å². The molecule has 0 spiro atoms. The summed E-state index contributed by atoms with van der Waals surface area (Å²) in [5.74, 6) is 0.946. The summed E-state index contributed by atoms with van der Waals surface area (Å²) in [4.78, 5) is 13.8. The van der Waals surface area contributed by atoms with E-state index in [4.69, 9.17) is 0 Å². The van der Waals surface area contributed by atoms with E-state index in [2.05, 4.69) is 32.9 Å². The third-order valence-electron chi connectivity index (χ3n) is 3.84. The maximum Gasteiger partial charge on any atom is 0.251 e. The van der Waals surface area contributed by atoms with Gasteiger partial charge in [0.1, 0.15) is 11.0 Å². The van der Waals surface area contributed by atoms with Crippen LogP contribution in [0.1, 0.15) is 28.4 Å². The number of hydrogen-bond acceptors (Lipinski definition) is 4. The molecule has 0 fully saturated rings. The van der Waals surface area contributed by atoms with Crippen molar-refractivity contribution in [2.75, 3.05) is 5.75 Å². The van der Waals surface area contributed by atoms with Gasteiger partial charge in [-0.05, 0) is 36.2 Å². The summed E-state index contributed by atoms with van der Waals surface area (Å²) in [5.41, 5.74) is 3.27. The largest absolute Gasteiger partial charge is 0.345 e. The molecular formula is C16H14N4OS. The van der Waals surface area contributed by atoms with E-state index in [9.17, 15) is 4.79 Å². The van der Waals surface area contributed by atoms with Gasteiger partial charge in [0.2, 0.25) is 0 Å². The number of rotatable bonds is 2. The quantitative estimate of drug-likeness (QED) is 0.763. The summed E-state index contributed by atoms with van der Waals surface area (Å²) in [6.07, 6.45) is 0.944. The lowest BCUT2D eigenvalue weighted by Gasteiger charge is -2.25. The predicted octanol–water partition coefficient (Wildman–Crippen LogP) is 2.92. The number of hydrogen-bond donors (Lipinski definition) is 2. The SMILES string of the molecule is O=C(N[C@H]1CCSc2ccccc21)c1ccc2n[nH]nc2c1. The number of benzene rings is 2. The molecule has 2 N–H and O–H groups in total. The zero-order valence-corrected chi connectivity index (χ0v) is 12.6. The number of H-pyrrole nitrogens is 1. The Morgan fingerprint density at radius 2 is 2.05 bits per heavy atom. The van der Waals surface area contributed by atoms with Crippen LogP contribution in [0.5, 0.6) is 0 Å². The molecule has 0 radical (unpaired) electrons. The van der Waals surface area contributed by atoms with Gasteiger partial charge in [0.15, 0.2) is 0 Å². The molecule has 1 aliphatic rings. The number of aromatic nitrogens is 3. The van der Waals surface area contributed by atoms with Crippen molar-refractivity contribution in [3.63, 3.8) is 0 Å². The predicted molar refractivity (Wildman–Crippen MR) is 85.9 cm³/mol. The van der Waals surface area contributed by atoms with Gasteiger partial charge in [0.25, 0.3) is 5.91 Å². The molecule has 0 saturated carbocycles. The fraction of sp³-hybridized carbons (Fsp3) is 0.188. The first-order valence-corrected chi connectivity index (χ1v) is 8.13. The van der Waals surface area contributed by atoms with Crippen LogP contribution in [0.15, 0.2) is 47.4 Å². The number of thioether (sulfide) groups is 1. The highest BCUT2D eigenvalue weighted by molar-refractivity contribution is 7.99. The van der Waals surface area contributed by atoms with Gasteiger partial charge in [-0.15, -0.1) is 11.8 Å². The van der Waals surface area contributed by atoms with Gasteiger partial charge in [-0.2, -0.15) is 15.4 Å². The number of nitrogens with one attached hydrogen (secondary N) is 2. The Labute approximate surface area is 131 Å². The molecule has 22 heavy (non-hydrogen) atoms. The van der Waals surface area contributed by atoms with Crippen molar-refractivity contribution in [2.24, 2.45) is 0 Å². The first-order valence-electron chi connectivity index (χ1n) is 7.14. The molecule has 0 aliphatic carbocycles. The van der Waals surface area contributed by atoms with Crippen molar-refractivity contribution in [1.29, 1.82) is 0 Å². The highest BCUT2D eigenvalue weighted by atomic mass is 32.2. The molecule has 2 heterocycles. The maximum absolute atomic E-state index is 12.5. The molecule has 0 bridgehead atoms. The minimum Gasteiger partial charge on any atom is -0.345 e. The second-order valence-corrected chi connectivity index (χ2v) is 6.36. The highest BCUT2D eigenvalue weighted by Gasteiger charge is 2.22. The maximum atomic E-state index is 12.5. The Balaban J connectivity index is 1.59. The third kappa shape index (κ3) is 2.35. The summed E-state index contributed by atoms with van der Waals surface area (Å²) in [5, 5.41) is 13.7. The van der Waals surface area contributed by atoms with Gasteiger partial charge >= 0.3 is 0 Å². The summed E-state index contributed by atoms with van der Waals surface area (Å²) < 4.78 is 0. The topological polar surface area (TPSA) is 70.7 Å². The zero-order valence-electron chi connectivity index (χ0n) is 11.7. The van der Waals surface area contributed by atoms with Crippen LogP contribution in [0.4, 0.5) is 0 Å². The molecule has 1 atom stereocenters. The first-order chi connectivity index (χ1) is 10.8. The van der Waals surface area contributed by atoms with Crippen LogP contribution in [0.2, 0.25) is 0 Å². The molecular weight excluding hydrogens is 296 g/mol. The minimum absolute atomic E-state index is 0.0676. The van der Waals surface area contributed by atoms with Gasteiger partial charge in [0, 0.05) is 16.2 Å². The first kappa shape index (κ1) is 13.3. The Hall–Kier alpha value is -2.34. The van der Waals surface area contributed by atoms with Crippen molar-refractivity contribution in [1.82, 2.24) is 20.7 Å². The van der Waals surface area contributed by atoms with Gasteiger partial charge in [-0.1, -0.05) is 18.2 Å². The zero-order chi connectivity index (χ0) is 14.9. The average Bonchev–Trinajstić information content (AvgIpc) is 3.02. The van der Waals surface area contributed by atoms with Crippen LogP contribution in [0.25, 0.3) is 11.0 Å². The molecule has 4 rings (SSSR count). The summed E-state index contributed by atoms with van der Waals surface area (Å²) in [6, 6.07) is 13.7. The standard InChI is InChI=1S/C16H14N4OS/c21-16(10-5-6-13-14(9-10)19-20-18-13)17-12-7-8-22-15-4-2-1-3-11(12)15/h1-6,9,12H,7-8H2,(H,17,21)(H,18,19,20)/t12-/m0/s1. The van der Waals surface area contributed by atoms with Crippen LogP contribution in [-0.2, 0) is 0 Å². The molecule has 1 aromatic heterocycles. The number of carbonyl (C=O) groups is 1. The number of nitrogens with zero attached hydrogens (tertiary/aromatic N) is 2. The molecule has 0 saturated heterocycles. The van der Waals surface area contributed by atoms with Gasteiger partial charge in [0.05, 0.1) is 6.04 Å². The van der Waals surface area contributed by atoms with Crippen LogP contribution in [-0.4, -0.2) is 27.1 Å². The van der Waals surface area contributed by atoms with Gasteiger partial charge in [-0.3, -0.25) is 4.79 Å². The van der Waals surface area contributed by atoms with Crippen LogP contribution < -0.4 is 5.32 Å². The number of fused-ring (bicyclic) bond motifs is 2. The van der Waals surface area contributed by atoms with Crippen molar-refractivity contribution in [3.05, 3.63) is 53.6 Å². The van der Waals surface area contributed by atoms with Gasteiger partial charge < -0.3 is 5.32 Å². The molecule has 110 valence electrons. The summed E-state index contributed by atoms with van der Waals surface area (Å²) in [7, 11) is 0. The highest BCUT2D eigenvalue weighted by Crippen LogP contribution is 2.35. The van der Waals surface area contributed by atoms with E-state index in [0.29, 0.717) is 11.1 Å². The second-order valence-electron chi connectivity index (χ2n) is 5.23. The molecule has 1 amide bonds. The Morgan fingerprint density at radius 1 is 1.18 bits per heavy atom. The molecule has 6 heteroatoms. The van der Waals surface area contributed by atoms with Gasteiger partial charge in [-0.25, -0.2) is 0 Å². The molecule has 3 aromatic rings. The fourth-order valence-corrected chi connectivity index (χ4v) is 3.84. The lowest BCUT2D eigenvalue weighted by Crippen LogP contribution is -2.30. The van der Waals surface area contributed by atoms with E-state index in [1.165, 1.54) is 10.5 Å². The molecule has 1 aliphatic heterocycles. The Bertz CT molecular complexity index is 845. The fourth-order valence-electron chi connectivity index (χ4n) is 2.72. The Morgan fingerprint density at radius 3 is 3.00 bits per heavy atom. The van der Waals surface area contributed by atoms with Crippen LogP contribution in [0, 0.1) is 0 Å². The number of aromatic amines is 1. The summed E-state index contributed by atoms with van der Waals surface area (Å²) in [6.45, 7) is 0. The smallest absolute Gasteiger partial charge is 0.251 e. The number of amides is 1. The van der Waals surface area contributed by atoms with Crippen molar-refractivity contribution in [3.8, 4) is 0 Å². The lowest BCUT2D eigenvalue weighted by atomic mass is 10.0. The van der Waals surface area contributed by atoms with E-state index in [-0.39, 0.29) is 11.9 Å². The third-order valence-corrected chi connectivity index (χ3v) is 4.96. The minimum atomic E-state index is -0.0726. The van der Waals surface area contributed by atoms with Crippen molar-refractivity contribution < 1.29 is 4.79 Å². The monoisotopic (exact) mass is 310 g/mol. The molecule has 2 aromatic carbocycles. The van der Waals surface area contributed by atoms with E-state index < -0.39 is 0 Å². The van der Waals surface area contributed by atoms with E-state index in [1.807, 2.05) is 23.9 Å². The number of carbonyl (C=O) groups excluding carboxylic acids is 1. The van der Waals surface area contributed by atoms with E-state index >= 15 is 0 Å². The second kappa shape index (κ2) is 5.46. The Kier molecular flexibility index (Phi) is 3.31. The lowest BCUT2D eigenvalue weighted by molar-refractivity contribution is 0.0935.